The Morgan fingerprint density at radius 1 is 1.12 bits per heavy atom. The summed E-state index contributed by atoms with van der Waals surface area (Å²) in [6.07, 6.45) is -0.513. The van der Waals surface area contributed by atoms with E-state index in [0.717, 1.165) is 11.1 Å². The van der Waals surface area contributed by atoms with Gasteiger partial charge in [0, 0.05) is 28.3 Å². The van der Waals surface area contributed by atoms with E-state index < -0.39 is 28.6 Å². The van der Waals surface area contributed by atoms with Crippen LogP contribution in [0.15, 0.2) is 66.7 Å². The number of Topliss-reactive ketones (excluding diaryl/α,β-unsaturated/α-hetero) is 1. The fourth-order valence-electron chi connectivity index (χ4n) is 3.91. The van der Waals surface area contributed by atoms with Gasteiger partial charge in [-0.1, -0.05) is 35.9 Å². The van der Waals surface area contributed by atoms with E-state index in [2.05, 4.69) is 0 Å². The lowest BCUT2D eigenvalue weighted by Gasteiger charge is -2.23. The first-order chi connectivity index (χ1) is 15.2. The van der Waals surface area contributed by atoms with Crippen molar-refractivity contribution in [3.8, 4) is 0 Å². The Morgan fingerprint density at radius 3 is 2.47 bits per heavy atom. The van der Waals surface area contributed by atoms with Gasteiger partial charge in [-0.2, -0.15) is 0 Å². The number of nitro benzene ring substituents is 1. The molecule has 8 heteroatoms. The number of hydrogen-bond acceptors (Lipinski definition) is 5. The number of nitro groups is 1. The minimum Gasteiger partial charge on any atom is -0.375 e. The maximum absolute atomic E-state index is 13.4. The number of carbonyl (C=O) groups is 2. The second-order valence-corrected chi connectivity index (χ2v) is 8.18. The Labute approximate surface area is 189 Å². The molecule has 0 bridgehead atoms. The van der Waals surface area contributed by atoms with Crippen molar-refractivity contribution in [2.75, 3.05) is 4.90 Å². The monoisotopic (exact) mass is 450 g/mol. The normalized spacial score (nSPS) is 17.3. The smallest absolute Gasteiger partial charge is 0.269 e. The predicted octanol–water partition coefficient (Wildman–Crippen LogP) is 4.56. The first-order valence-electron chi connectivity index (χ1n) is 9.87. The second-order valence-electron chi connectivity index (χ2n) is 7.74. The fraction of sp³-hybridized carbons (Fsp3) is 0.167. The van der Waals surface area contributed by atoms with Crippen LogP contribution < -0.4 is 4.90 Å². The first kappa shape index (κ1) is 21.7. The van der Waals surface area contributed by atoms with Crippen molar-refractivity contribution in [1.29, 1.82) is 0 Å². The van der Waals surface area contributed by atoms with E-state index in [1.165, 1.54) is 35.2 Å². The number of hydrogen-bond donors (Lipinski definition) is 1. The summed E-state index contributed by atoms with van der Waals surface area (Å²) < 4.78 is 0. The molecule has 0 radical (unpaired) electrons. The maximum atomic E-state index is 13.4. The maximum Gasteiger partial charge on any atom is 0.269 e. The van der Waals surface area contributed by atoms with Crippen LogP contribution in [-0.2, 0) is 16.9 Å². The van der Waals surface area contributed by atoms with Crippen LogP contribution in [0.2, 0.25) is 5.02 Å². The van der Waals surface area contributed by atoms with E-state index in [9.17, 15) is 24.8 Å². The number of amides is 1. The third-order valence-corrected chi connectivity index (χ3v) is 5.94. The minimum atomic E-state index is -2.10. The van der Waals surface area contributed by atoms with Gasteiger partial charge in [0.25, 0.3) is 11.6 Å². The van der Waals surface area contributed by atoms with Crippen LogP contribution in [-0.4, -0.2) is 21.7 Å². The number of rotatable bonds is 6. The van der Waals surface area contributed by atoms with Gasteiger partial charge >= 0.3 is 0 Å². The zero-order valence-electron chi connectivity index (χ0n) is 17.1. The molecule has 0 spiro atoms. The minimum absolute atomic E-state index is 0.154. The van der Waals surface area contributed by atoms with Gasteiger partial charge < -0.3 is 10.0 Å². The Balaban J connectivity index is 1.69. The molecule has 1 aliphatic heterocycles. The molecule has 4 rings (SSSR count). The quantitative estimate of drug-likeness (QED) is 0.337. The third kappa shape index (κ3) is 3.77. The molecule has 3 aromatic carbocycles. The van der Waals surface area contributed by atoms with Crippen LogP contribution in [0.1, 0.15) is 33.5 Å². The SMILES string of the molecule is Cc1ccccc1CN1C(=O)[C@@](O)(CC(=O)c2ccc([N+](=O)[O-])cc2)c2cc(Cl)ccc21. The largest absolute Gasteiger partial charge is 0.375 e. The van der Waals surface area contributed by atoms with Gasteiger partial charge in [0.2, 0.25) is 0 Å². The third-order valence-electron chi connectivity index (χ3n) is 5.70. The lowest BCUT2D eigenvalue weighted by atomic mass is 9.88. The lowest BCUT2D eigenvalue weighted by Crippen LogP contribution is -2.41. The molecule has 7 nitrogen and oxygen atoms in total. The van der Waals surface area contributed by atoms with Gasteiger partial charge in [-0.25, -0.2) is 0 Å². The molecule has 0 saturated carbocycles. The first-order valence-corrected chi connectivity index (χ1v) is 10.2. The molecule has 32 heavy (non-hydrogen) atoms. The number of benzene rings is 3. The number of fused-ring (bicyclic) bond motifs is 1. The lowest BCUT2D eigenvalue weighted by molar-refractivity contribution is -0.384. The predicted molar refractivity (Wildman–Crippen MR) is 120 cm³/mol. The number of aryl methyl sites for hydroxylation is 1. The van der Waals surface area contributed by atoms with Gasteiger partial charge in [-0.15, -0.1) is 0 Å². The summed E-state index contributed by atoms with van der Waals surface area (Å²) in [6, 6.07) is 17.4. The van der Waals surface area contributed by atoms with Crippen molar-refractivity contribution in [2.24, 2.45) is 0 Å². The molecule has 1 N–H and O–H groups in total. The summed E-state index contributed by atoms with van der Waals surface area (Å²) in [5.41, 5.74) is 0.569. The fourth-order valence-corrected chi connectivity index (χ4v) is 4.08. The zero-order valence-corrected chi connectivity index (χ0v) is 17.9. The second kappa shape index (κ2) is 8.18. The molecule has 0 aliphatic carbocycles. The van der Waals surface area contributed by atoms with Gasteiger partial charge in [-0.3, -0.25) is 19.7 Å². The number of non-ortho nitro benzene ring substituents is 1. The molecule has 1 atom stereocenters. The van der Waals surface area contributed by atoms with Crippen LogP contribution in [0, 0.1) is 17.0 Å². The molecule has 0 fully saturated rings. The highest BCUT2D eigenvalue weighted by atomic mass is 35.5. The average molecular weight is 451 g/mol. The van der Waals surface area contributed by atoms with Crippen LogP contribution in [0.5, 0.6) is 0 Å². The summed E-state index contributed by atoms with van der Waals surface area (Å²) >= 11 is 6.14. The molecule has 1 aliphatic rings. The Bertz CT molecular complexity index is 1240. The topological polar surface area (TPSA) is 101 Å². The summed E-state index contributed by atoms with van der Waals surface area (Å²) in [5, 5.41) is 22.6. The molecule has 0 unspecified atom stereocenters. The molecule has 1 heterocycles. The average Bonchev–Trinajstić information content (AvgIpc) is 2.96. The van der Waals surface area contributed by atoms with Gasteiger partial charge in [0.15, 0.2) is 11.4 Å². The molecular weight excluding hydrogens is 432 g/mol. The van der Waals surface area contributed by atoms with Crippen LogP contribution in [0.25, 0.3) is 0 Å². The Morgan fingerprint density at radius 2 is 1.81 bits per heavy atom. The number of ketones is 1. The van der Waals surface area contributed by atoms with Crippen molar-refractivity contribution >= 4 is 34.7 Å². The highest BCUT2D eigenvalue weighted by Crippen LogP contribution is 2.45. The highest BCUT2D eigenvalue weighted by Gasteiger charge is 2.51. The van der Waals surface area contributed by atoms with Crippen molar-refractivity contribution in [1.82, 2.24) is 0 Å². The molecule has 0 saturated heterocycles. The standard InChI is InChI=1S/C24H19ClN2O5/c1-15-4-2-3-5-17(15)14-26-21-11-8-18(25)12-20(21)24(30,23(26)29)13-22(28)16-6-9-19(10-7-16)27(31)32/h2-12,30H,13-14H2,1H3/t24-/m1/s1. The van der Waals surface area contributed by atoms with Crippen molar-refractivity contribution in [3.05, 3.63) is 104 Å². The highest BCUT2D eigenvalue weighted by molar-refractivity contribution is 6.31. The van der Waals surface area contributed by atoms with Crippen LogP contribution in [0.4, 0.5) is 11.4 Å². The van der Waals surface area contributed by atoms with Gasteiger partial charge in [0.1, 0.15) is 0 Å². The summed E-state index contributed by atoms with van der Waals surface area (Å²) in [5.74, 6) is -1.13. The Hall–Kier alpha value is -3.55. The van der Waals surface area contributed by atoms with E-state index in [4.69, 9.17) is 11.6 Å². The van der Waals surface area contributed by atoms with E-state index >= 15 is 0 Å². The van der Waals surface area contributed by atoms with E-state index in [1.807, 2.05) is 31.2 Å². The molecule has 1 amide bonds. The molecule has 0 aromatic heterocycles. The van der Waals surface area contributed by atoms with Crippen LogP contribution >= 0.6 is 11.6 Å². The molecule has 3 aromatic rings. The summed E-state index contributed by atoms with van der Waals surface area (Å²) in [6.45, 7) is 2.16. The summed E-state index contributed by atoms with van der Waals surface area (Å²) in [4.78, 5) is 38.1. The summed E-state index contributed by atoms with van der Waals surface area (Å²) in [7, 11) is 0. The number of aliphatic hydroxyl groups is 1. The van der Waals surface area contributed by atoms with Crippen molar-refractivity contribution < 1.29 is 19.6 Å². The van der Waals surface area contributed by atoms with Crippen molar-refractivity contribution in [3.63, 3.8) is 0 Å². The van der Waals surface area contributed by atoms with E-state index in [0.29, 0.717) is 10.7 Å². The number of nitrogens with zero attached hydrogens (tertiary/aromatic N) is 2. The van der Waals surface area contributed by atoms with Crippen LogP contribution in [0.3, 0.4) is 0 Å². The van der Waals surface area contributed by atoms with E-state index in [1.54, 1.807) is 12.1 Å². The molecular formula is C24H19ClN2O5. The number of halogens is 1. The molecule has 162 valence electrons. The van der Waals surface area contributed by atoms with Crippen molar-refractivity contribution in [2.45, 2.75) is 25.5 Å². The van der Waals surface area contributed by atoms with Gasteiger partial charge in [-0.05, 0) is 48.4 Å². The van der Waals surface area contributed by atoms with Gasteiger partial charge in [0.05, 0.1) is 23.6 Å². The van der Waals surface area contributed by atoms with E-state index in [-0.39, 0.29) is 23.4 Å². The number of anilines is 1. The zero-order chi connectivity index (χ0) is 23.0. The number of carbonyl (C=O) groups excluding carboxylic acids is 2. The Kier molecular flexibility index (Phi) is 5.54.